The van der Waals surface area contributed by atoms with Crippen LogP contribution in [0.2, 0.25) is 0 Å². The summed E-state index contributed by atoms with van der Waals surface area (Å²) in [6.07, 6.45) is 11.8. The molecule has 1 atom stereocenters. The first-order chi connectivity index (χ1) is 16.8. The molecular formula is C27H56O7. The highest BCUT2D eigenvalue weighted by atomic mass is 16.6. The van der Waals surface area contributed by atoms with E-state index in [1.54, 1.807) is 0 Å². The number of hydrogen-bond acceptors (Lipinski definition) is 7. The summed E-state index contributed by atoms with van der Waals surface area (Å²) in [6.45, 7) is 15.4. The molecule has 0 saturated heterocycles. The fourth-order valence-electron chi connectivity index (χ4n) is 3.06. The third-order valence-corrected chi connectivity index (χ3v) is 5.47. The Balaban J connectivity index is 3.02. The quantitative estimate of drug-likeness (QED) is 0.126. The maximum absolute atomic E-state index is 5.61. The van der Waals surface area contributed by atoms with Gasteiger partial charge in [-0.25, -0.2) is 0 Å². The van der Waals surface area contributed by atoms with Gasteiger partial charge in [0.05, 0.1) is 79.3 Å². The molecule has 0 aliphatic heterocycles. The Morgan fingerprint density at radius 2 is 0.706 bits per heavy atom. The minimum atomic E-state index is 0.564. The van der Waals surface area contributed by atoms with Gasteiger partial charge in [0, 0.05) is 13.2 Å². The van der Waals surface area contributed by atoms with E-state index in [9.17, 15) is 0 Å². The zero-order valence-corrected chi connectivity index (χ0v) is 22.7. The second-order valence-corrected chi connectivity index (χ2v) is 8.74. The predicted octanol–water partition coefficient (Wildman–Crippen LogP) is 5.29. The van der Waals surface area contributed by atoms with E-state index < -0.39 is 0 Å². The largest absolute Gasteiger partial charge is 0.379 e. The van der Waals surface area contributed by atoms with Crippen molar-refractivity contribution in [3.63, 3.8) is 0 Å². The van der Waals surface area contributed by atoms with E-state index >= 15 is 0 Å². The van der Waals surface area contributed by atoms with E-state index in [2.05, 4.69) is 20.8 Å². The molecule has 0 saturated carbocycles. The summed E-state index contributed by atoms with van der Waals surface area (Å²) in [4.78, 5) is 0. The Morgan fingerprint density at radius 1 is 0.382 bits per heavy atom. The second kappa shape index (κ2) is 30.8. The van der Waals surface area contributed by atoms with Gasteiger partial charge in [-0.15, -0.1) is 0 Å². The lowest BCUT2D eigenvalue weighted by Gasteiger charge is -2.10. The van der Waals surface area contributed by atoms with E-state index in [0.29, 0.717) is 85.2 Å². The van der Waals surface area contributed by atoms with Gasteiger partial charge >= 0.3 is 0 Å². The number of rotatable bonds is 30. The van der Waals surface area contributed by atoms with E-state index in [1.165, 1.54) is 44.9 Å². The summed E-state index contributed by atoms with van der Waals surface area (Å²) in [5.74, 6) is 0.612. The summed E-state index contributed by atoms with van der Waals surface area (Å²) in [6, 6.07) is 0. The molecule has 0 aromatic carbocycles. The molecule has 0 N–H and O–H groups in total. The third kappa shape index (κ3) is 29.8. The summed E-state index contributed by atoms with van der Waals surface area (Å²) < 4.78 is 38.6. The molecule has 1 unspecified atom stereocenters. The summed E-state index contributed by atoms with van der Waals surface area (Å²) in [5, 5.41) is 0. The van der Waals surface area contributed by atoms with Crippen molar-refractivity contribution < 1.29 is 33.2 Å². The van der Waals surface area contributed by atoms with Gasteiger partial charge in [0.1, 0.15) is 0 Å². The Kier molecular flexibility index (Phi) is 30.5. The molecule has 34 heavy (non-hydrogen) atoms. The van der Waals surface area contributed by atoms with Crippen molar-refractivity contribution in [1.29, 1.82) is 0 Å². The molecular weight excluding hydrogens is 436 g/mol. The first-order valence-electron chi connectivity index (χ1n) is 13.8. The first kappa shape index (κ1) is 33.7. The smallest absolute Gasteiger partial charge is 0.0701 e. The average molecular weight is 493 g/mol. The highest BCUT2D eigenvalue weighted by Gasteiger charge is 1.98. The van der Waals surface area contributed by atoms with Crippen molar-refractivity contribution in [2.45, 2.75) is 78.6 Å². The molecule has 0 heterocycles. The molecule has 0 aromatic rings. The summed E-state index contributed by atoms with van der Waals surface area (Å²) in [5.41, 5.74) is 0. The Morgan fingerprint density at radius 3 is 1.09 bits per heavy atom. The van der Waals surface area contributed by atoms with E-state index in [4.69, 9.17) is 33.2 Å². The van der Waals surface area contributed by atoms with Gasteiger partial charge in [0.25, 0.3) is 0 Å². The average Bonchev–Trinajstić information content (AvgIpc) is 2.85. The maximum Gasteiger partial charge on any atom is 0.0701 e. The number of ether oxygens (including phenoxy) is 7. The zero-order chi connectivity index (χ0) is 24.8. The Hall–Kier alpha value is -0.280. The molecule has 0 spiro atoms. The molecule has 7 heteroatoms. The van der Waals surface area contributed by atoms with Crippen molar-refractivity contribution in [3.8, 4) is 0 Å². The van der Waals surface area contributed by atoms with Crippen LogP contribution in [0.5, 0.6) is 0 Å². The van der Waals surface area contributed by atoms with Crippen LogP contribution in [0, 0.1) is 5.92 Å². The predicted molar refractivity (Wildman–Crippen MR) is 138 cm³/mol. The van der Waals surface area contributed by atoms with E-state index in [-0.39, 0.29) is 0 Å². The van der Waals surface area contributed by atoms with Crippen LogP contribution in [-0.4, -0.2) is 92.5 Å². The van der Waals surface area contributed by atoms with Crippen LogP contribution in [0.25, 0.3) is 0 Å². The Bertz CT molecular complexity index is 358. The highest BCUT2D eigenvalue weighted by Crippen LogP contribution is 2.08. The van der Waals surface area contributed by atoms with E-state index in [1.807, 2.05) is 0 Å². The minimum Gasteiger partial charge on any atom is -0.379 e. The van der Waals surface area contributed by atoms with Gasteiger partial charge in [-0.05, 0) is 12.3 Å². The van der Waals surface area contributed by atoms with Gasteiger partial charge in [0.2, 0.25) is 0 Å². The third-order valence-electron chi connectivity index (χ3n) is 5.47. The van der Waals surface area contributed by atoms with Crippen molar-refractivity contribution >= 4 is 0 Å². The molecule has 0 rings (SSSR count). The van der Waals surface area contributed by atoms with Crippen LogP contribution in [0.1, 0.15) is 78.6 Å². The van der Waals surface area contributed by atoms with Gasteiger partial charge < -0.3 is 33.2 Å². The molecule has 7 nitrogen and oxygen atoms in total. The van der Waals surface area contributed by atoms with Gasteiger partial charge in [-0.1, -0.05) is 72.1 Å². The molecule has 0 amide bonds. The molecule has 0 aromatic heterocycles. The van der Waals surface area contributed by atoms with Crippen molar-refractivity contribution in [1.82, 2.24) is 0 Å². The van der Waals surface area contributed by atoms with Crippen LogP contribution in [0.4, 0.5) is 0 Å². The topological polar surface area (TPSA) is 64.6 Å². The molecule has 0 bridgehead atoms. The fourth-order valence-corrected chi connectivity index (χ4v) is 3.06. The lowest BCUT2D eigenvalue weighted by molar-refractivity contribution is -0.0215. The lowest BCUT2D eigenvalue weighted by Crippen LogP contribution is -2.15. The lowest BCUT2D eigenvalue weighted by atomic mass is 10.1. The molecule has 0 aliphatic carbocycles. The minimum absolute atomic E-state index is 0.564. The standard InChI is InChI=1S/C27H56O7/c1-4-6-7-8-9-10-11-12-13-28-14-15-29-16-17-30-18-19-31-20-21-32-22-23-33-24-25-34-26-27(3)5-2/h27H,4-26H2,1-3H3. The SMILES string of the molecule is CCCCCCCCCCOCCOCCOCCOCCOCCOCCOCC(C)CC. The highest BCUT2D eigenvalue weighted by molar-refractivity contribution is 4.47. The number of hydrogen-bond donors (Lipinski definition) is 0. The van der Waals surface area contributed by atoms with Gasteiger partial charge in [0.15, 0.2) is 0 Å². The molecule has 0 aliphatic rings. The number of unbranched alkanes of at least 4 members (excludes halogenated alkanes) is 7. The molecule has 0 fully saturated rings. The van der Waals surface area contributed by atoms with Gasteiger partial charge in [-0.3, -0.25) is 0 Å². The van der Waals surface area contributed by atoms with Crippen LogP contribution in [0.3, 0.4) is 0 Å². The van der Waals surface area contributed by atoms with Crippen LogP contribution >= 0.6 is 0 Å². The van der Waals surface area contributed by atoms with Crippen LogP contribution < -0.4 is 0 Å². The zero-order valence-electron chi connectivity index (χ0n) is 22.7. The van der Waals surface area contributed by atoms with Crippen molar-refractivity contribution in [2.75, 3.05) is 92.5 Å². The van der Waals surface area contributed by atoms with Crippen molar-refractivity contribution in [2.24, 2.45) is 5.92 Å². The molecule has 206 valence electrons. The normalized spacial score (nSPS) is 12.4. The monoisotopic (exact) mass is 492 g/mol. The van der Waals surface area contributed by atoms with Crippen LogP contribution in [-0.2, 0) is 33.2 Å². The molecule has 0 radical (unpaired) electrons. The second-order valence-electron chi connectivity index (χ2n) is 8.74. The fraction of sp³-hybridized carbons (Fsp3) is 1.00. The van der Waals surface area contributed by atoms with Gasteiger partial charge in [-0.2, -0.15) is 0 Å². The first-order valence-corrected chi connectivity index (χ1v) is 13.8. The Labute approximate surface area is 210 Å². The maximum atomic E-state index is 5.61. The van der Waals surface area contributed by atoms with E-state index in [0.717, 1.165) is 26.1 Å². The summed E-state index contributed by atoms with van der Waals surface area (Å²) in [7, 11) is 0. The van der Waals surface area contributed by atoms with Crippen LogP contribution in [0.15, 0.2) is 0 Å². The summed E-state index contributed by atoms with van der Waals surface area (Å²) >= 11 is 0. The van der Waals surface area contributed by atoms with Crippen molar-refractivity contribution in [3.05, 3.63) is 0 Å².